The van der Waals surface area contributed by atoms with Gasteiger partial charge in [-0.3, -0.25) is 10.0 Å². The Morgan fingerprint density at radius 2 is 2.00 bits per heavy atom. The van der Waals surface area contributed by atoms with Crippen LogP contribution in [0.25, 0.3) is 0 Å². The molecule has 1 heterocycles. The first-order valence-electron chi connectivity index (χ1n) is 10.6. The normalized spacial score (nSPS) is 14.9. The summed E-state index contributed by atoms with van der Waals surface area (Å²) in [5.41, 5.74) is 6.46. The number of nitrogens with one attached hydrogen (secondary N) is 3. The molecule has 0 fully saturated rings. The van der Waals surface area contributed by atoms with Crippen LogP contribution in [0.2, 0.25) is 5.02 Å². The van der Waals surface area contributed by atoms with Crippen molar-refractivity contribution in [1.82, 2.24) is 14.7 Å². The number of hydrogen-bond acceptors (Lipinski definition) is 8. The van der Waals surface area contributed by atoms with E-state index in [2.05, 4.69) is 38.6 Å². The van der Waals surface area contributed by atoms with E-state index in [0.717, 1.165) is 42.9 Å². The largest absolute Gasteiger partial charge is 0.369 e. The summed E-state index contributed by atoms with van der Waals surface area (Å²) in [5, 5.41) is 6.80. The van der Waals surface area contributed by atoms with E-state index in [0.29, 0.717) is 24.1 Å². The molecule has 0 aliphatic carbocycles. The van der Waals surface area contributed by atoms with Crippen LogP contribution in [-0.4, -0.2) is 36.5 Å². The maximum atomic E-state index is 14.8. The second-order valence-electron chi connectivity index (χ2n) is 8.26. The highest BCUT2D eigenvalue weighted by atomic mass is 35.5. The highest BCUT2D eigenvalue weighted by Gasteiger charge is 2.24. The number of anilines is 2. The average molecular weight is 507 g/mol. The van der Waals surface area contributed by atoms with Gasteiger partial charge >= 0.3 is 0 Å². The fourth-order valence-corrected chi connectivity index (χ4v) is 5.35. The van der Waals surface area contributed by atoms with E-state index in [1.165, 1.54) is 6.33 Å². The predicted octanol–water partition coefficient (Wildman–Crippen LogP) is 4.27. The van der Waals surface area contributed by atoms with Gasteiger partial charge in [-0.2, -0.15) is 4.37 Å². The van der Waals surface area contributed by atoms with Gasteiger partial charge in [0.05, 0.1) is 16.9 Å². The van der Waals surface area contributed by atoms with Crippen LogP contribution in [0.15, 0.2) is 23.4 Å². The van der Waals surface area contributed by atoms with Crippen LogP contribution in [0.4, 0.5) is 15.2 Å². The Kier molecular flexibility index (Phi) is 10.1. The Morgan fingerprint density at radius 3 is 2.56 bits per heavy atom. The molecule has 0 aliphatic rings. The molecule has 0 radical (unpaired) electrons. The summed E-state index contributed by atoms with van der Waals surface area (Å²) in [7, 11) is -4.19. The zero-order valence-electron chi connectivity index (χ0n) is 18.7. The van der Waals surface area contributed by atoms with Crippen LogP contribution in [0.3, 0.4) is 0 Å². The molecular weight excluding hydrogens is 475 g/mol. The summed E-state index contributed by atoms with van der Waals surface area (Å²) in [6.07, 6.45) is 3.68. The zero-order valence-corrected chi connectivity index (χ0v) is 21.1. The third-order valence-corrected chi connectivity index (χ3v) is 7.32. The monoisotopic (exact) mass is 506 g/mol. The van der Waals surface area contributed by atoms with E-state index < -0.39 is 20.7 Å². The first kappa shape index (κ1) is 26.7. The second-order valence-corrected chi connectivity index (χ2v) is 11.1. The van der Waals surface area contributed by atoms with Crippen molar-refractivity contribution < 1.29 is 12.8 Å². The summed E-state index contributed by atoms with van der Waals surface area (Å²) >= 11 is 7.17. The van der Waals surface area contributed by atoms with E-state index in [-0.39, 0.29) is 22.4 Å². The van der Waals surface area contributed by atoms with E-state index in [1.54, 1.807) is 0 Å². The van der Waals surface area contributed by atoms with Gasteiger partial charge in [-0.15, -0.1) is 0 Å². The van der Waals surface area contributed by atoms with Gasteiger partial charge in [0.1, 0.15) is 17.0 Å². The van der Waals surface area contributed by atoms with E-state index in [9.17, 15) is 12.8 Å². The van der Waals surface area contributed by atoms with Gasteiger partial charge in [-0.25, -0.2) is 17.8 Å². The number of nitrogens with two attached hydrogens (primary N) is 1. The van der Waals surface area contributed by atoms with Gasteiger partial charge in [0, 0.05) is 24.1 Å². The van der Waals surface area contributed by atoms with Crippen molar-refractivity contribution in [3.05, 3.63) is 29.3 Å². The Balaban J connectivity index is 2.16. The van der Waals surface area contributed by atoms with Crippen LogP contribution in [0, 0.1) is 17.7 Å². The Bertz CT molecular complexity index is 957. The molecule has 0 saturated heterocycles. The highest BCUT2D eigenvalue weighted by Crippen LogP contribution is 2.30. The van der Waals surface area contributed by atoms with Crippen molar-refractivity contribution in [2.75, 3.05) is 16.6 Å². The first-order chi connectivity index (χ1) is 15.0. The second kappa shape index (κ2) is 12.1. The molecule has 1 aromatic heterocycles. The summed E-state index contributed by atoms with van der Waals surface area (Å²) in [6, 6.07) is 2.23. The summed E-state index contributed by atoms with van der Waals surface area (Å²) in [5.74, 6) is -0.100. The summed E-state index contributed by atoms with van der Waals surface area (Å²) in [4.78, 5) is 3.20. The number of benzene rings is 1. The SMILES string of the molecule is CCCC(NCC(CC(C)C)[C@@H](C)N)Nc1cc(F)c(S(=O)(=O)Nc2ncns2)cc1Cl. The van der Waals surface area contributed by atoms with E-state index >= 15 is 0 Å². The number of hydrogen-bond donors (Lipinski definition) is 4. The molecule has 2 rings (SSSR count). The maximum Gasteiger partial charge on any atom is 0.266 e. The van der Waals surface area contributed by atoms with Crippen LogP contribution in [0.5, 0.6) is 0 Å². The van der Waals surface area contributed by atoms with Crippen molar-refractivity contribution in [3.8, 4) is 0 Å². The lowest BCUT2D eigenvalue weighted by Crippen LogP contribution is -2.43. The smallest absolute Gasteiger partial charge is 0.266 e. The number of halogens is 2. The lowest BCUT2D eigenvalue weighted by molar-refractivity contribution is 0.328. The quantitative estimate of drug-likeness (QED) is 0.299. The van der Waals surface area contributed by atoms with Crippen molar-refractivity contribution in [2.24, 2.45) is 17.6 Å². The summed E-state index contributed by atoms with van der Waals surface area (Å²) in [6.45, 7) is 9.07. The lowest BCUT2D eigenvalue weighted by Gasteiger charge is -2.28. The summed E-state index contributed by atoms with van der Waals surface area (Å²) < 4.78 is 45.7. The molecule has 0 amide bonds. The van der Waals surface area contributed by atoms with Gasteiger partial charge in [0.2, 0.25) is 5.13 Å². The van der Waals surface area contributed by atoms with Crippen molar-refractivity contribution in [1.29, 1.82) is 0 Å². The lowest BCUT2D eigenvalue weighted by atomic mass is 9.91. The highest BCUT2D eigenvalue weighted by molar-refractivity contribution is 7.93. The molecule has 8 nitrogen and oxygen atoms in total. The van der Waals surface area contributed by atoms with Crippen molar-refractivity contribution >= 4 is 44.0 Å². The topological polar surface area (TPSA) is 122 Å². The minimum Gasteiger partial charge on any atom is -0.369 e. The Hall–Kier alpha value is -1.53. The maximum absolute atomic E-state index is 14.8. The molecule has 0 spiro atoms. The molecule has 0 bridgehead atoms. The predicted molar refractivity (Wildman–Crippen MR) is 129 cm³/mol. The number of nitrogens with zero attached hydrogens (tertiary/aromatic N) is 2. The molecule has 2 aromatic rings. The standard InChI is InChI=1S/C20H32ClFN6O2S2/c1-5-6-19(24-10-14(13(4)23)7-12(2)3)27-17-9-16(22)18(8-15(17)21)32(29,30)28-20-25-11-26-31-20/h8-9,11-14,19,24,27H,5-7,10,23H2,1-4H3,(H,25,26,28)/t13-,14?,19?/m1/s1. The number of rotatable bonds is 13. The molecule has 32 heavy (non-hydrogen) atoms. The first-order valence-corrected chi connectivity index (χ1v) is 13.2. The van der Waals surface area contributed by atoms with Gasteiger partial charge < -0.3 is 11.1 Å². The van der Waals surface area contributed by atoms with E-state index in [1.807, 2.05) is 13.8 Å². The number of sulfonamides is 1. The molecule has 5 N–H and O–H groups in total. The van der Waals surface area contributed by atoms with Gasteiger partial charge in [0.15, 0.2) is 0 Å². The van der Waals surface area contributed by atoms with Crippen molar-refractivity contribution in [3.63, 3.8) is 0 Å². The van der Waals surface area contributed by atoms with Crippen LogP contribution >= 0.6 is 23.1 Å². The Labute approximate surface area is 198 Å². The van der Waals surface area contributed by atoms with Gasteiger partial charge in [-0.1, -0.05) is 38.8 Å². The van der Waals surface area contributed by atoms with Crippen molar-refractivity contribution in [2.45, 2.75) is 64.1 Å². The molecule has 0 saturated carbocycles. The van der Waals surface area contributed by atoms with Crippen LogP contribution in [0.1, 0.15) is 47.0 Å². The molecule has 0 aliphatic heterocycles. The third kappa shape index (κ3) is 7.80. The Morgan fingerprint density at radius 1 is 1.28 bits per heavy atom. The van der Waals surface area contributed by atoms with Gasteiger partial charge in [0.25, 0.3) is 10.0 Å². The molecule has 3 atom stereocenters. The minimum atomic E-state index is -4.19. The van der Waals surface area contributed by atoms with E-state index in [4.69, 9.17) is 17.3 Å². The fraction of sp³-hybridized carbons (Fsp3) is 0.600. The number of aromatic nitrogens is 2. The van der Waals surface area contributed by atoms with Gasteiger partial charge in [-0.05, 0) is 43.7 Å². The molecule has 2 unspecified atom stereocenters. The zero-order chi connectivity index (χ0) is 23.9. The van der Waals surface area contributed by atoms with Crippen LogP contribution < -0.4 is 21.1 Å². The third-order valence-electron chi connectivity index (χ3n) is 4.95. The molecule has 12 heteroatoms. The molecule has 1 aromatic carbocycles. The minimum absolute atomic E-state index is 0.0400. The average Bonchev–Trinajstić information content (AvgIpc) is 3.19. The molecule has 180 valence electrons. The molecular formula is C20H32ClFN6O2S2. The fourth-order valence-electron chi connectivity index (χ4n) is 3.32. The van der Waals surface area contributed by atoms with Crippen LogP contribution in [-0.2, 0) is 10.0 Å².